The number of para-hydroxylation sites is 1. The van der Waals surface area contributed by atoms with Gasteiger partial charge >= 0.3 is 0 Å². The number of hydrogen-bond acceptors (Lipinski definition) is 4. The number of nitro benzene ring substituents is 1. The zero-order chi connectivity index (χ0) is 13.5. The second-order valence-electron chi connectivity index (χ2n) is 4.41. The Kier molecular flexibility index (Phi) is 5.58. The van der Waals surface area contributed by atoms with E-state index in [1.54, 1.807) is 6.07 Å². The second kappa shape index (κ2) is 6.96. The van der Waals surface area contributed by atoms with Crippen molar-refractivity contribution < 1.29 is 10.0 Å². The normalized spacial score (nSPS) is 10.4. The first kappa shape index (κ1) is 14.4. The van der Waals surface area contributed by atoms with Crippen LogP contribution in [0.15, 0.2) is 18.2 Å². The number of aryl methyl sites for hydroxylation is 1. The molecule has 0 aliphatic rings. The highest BCUT2D eigenvalue weighted by atomic mass is 16.6. The molecule has 0 amide bonds. The molecular weight excluding hydrogens is 232 g/mol. The molecule has 1 aromatic carbocycles. The average molecular weight is 252 g/mol. The van der Waals surface area contributed by atoms with Crippen molar-refractivity contribution in [3.63, 3.8) is 0 Å². The molecule has 0 aromatic heterocycles. The van der Waals surface area contributed by atoms with E-state index in [0.29, 0.717) is 5.69 Å². The number of benzene rings is 1. The van der Waals surface area contributed by atoms with Crippen LogP contribution < -0.4 is 4.90 Å². The van der Waals surface area contributed by atoms with E-state index in [1.807, 2.05) is 24.9 Å². The third-order valence-electron chi connectivity index (χ3n) is 2.95. The van der Waals surface area contributed by atoms with Crippen molar-refractivity contribution in [2.45, 2.75) is 26.2 Å². The minimum Gasteiger partial charge on any atom is -0.396 e. The zero-order valence-electron chi connectivity index (χ0n) is 10.9. The summed E-state index contributed by atoms with van der Waals surface area (Å²) in [7, 11) is 1.87. The summed E-state index contributed by atoms with van der Waals surface area (Å²) in [5.41, 5.74) is 1.75. The Balaban J connectivity index is 2.77. The summed E-state index contributed by atoms with van der Waals surface area (Å²) < 4.78 is 0. The number of aliphatic hydroxyl groups excluding tert-OH is 1. The minimum absolute atomic E-state index is 0.152. The predicted octanol–water partition coefficient (Wildman–Crippen LogP) is 2.50. The molecule has 18 heavy (non-hydrogen) atoms. The van der Waals surface area contributed by atoms with E-state index < -0.39 is 0 Å². The first-order valence-corrected chi connectivity index (χ1v) is 6.14. The van der Waals surface area contributed by atoms with Gasteiger partial charge in [-0.1, -0.05) is 12.1 Å². The molecule has 5 heteroatoms. The maximum atomic E-state index is 11.0. The lowest BCUT2D eigenvalue weighted by atomic mass is 10.1. The van der Waals surface area contributed by atoms with Crippen LogP contribution in [0.3, 0.4) is 0 Å². The number of nitrogens with zero attached hydrogens (tertiary/aromatic N) is 2. The van der Waals surface area contributed by atoms with Crippen LogP contribution >= 0.6 is 0 Å². The first-order valence-electron chi connectivity index (χ1n) is 6.14. The summed E-state index contributed by atoms with van der Waals surface area (Å²) >= 11 is 0. The van der Waals surface area contributed by atoms with Crippen LogP contribution in [0.1, 0.15) is 24.8 Å². The largest absolute Gasteiger partial charge is 0.396 e. The van der Waals surface area contributed by atoms with Crippen LogP contribution in [0.4, 0.5) is 11.4 Å². The standard InChI is InChI=1S/C13H20N2O3/c1-11-7-6-8-12(15(17)18)13(11)14(2)9-4-3-5-10-16/h6-8,16H,3-5,9-10H2,1-2H3. The molecule has 0 unspecified atom stereocenters. The van der Waals surface area contributed by atoms with E-state index in [1.165, 1.54) is 6.07 Å². The number of unbranched alkanes of at least 4 members (excludes halogenated alkanes) is 2. The van der Waals surface area contributed by atoms with Gasteiger partial charge in [0.05, 0.1) is 4.92 Å². The third kappa shape index (κ3) is 3.70. The van der Waals surface area contributed by atoms with Crippen LogP contribution in [0.25, 0.3) is 0 Å². The van der Waals surface area contributed by atoms with Gasteiger partial charge in [-0.3, -0.25) is 10.1 Å². The second-order valence-corrected chi connectivity index (χ2v) is 4.41. The number of aliphatic hydroxyl groups is 1. The Labute approximate surface area is 107 Å². The van der Waals surface area contributed by atoms with Crippen molar-refractivity contribution in [1.82, 2.24) is 0 Å². The summed E-state index contributed by atoms with van der Waals surface area (Å²) in [5, 5.41) is 19.7. The van der Waals surface area contributed by atoms with Gasteiger partial charge < -0.3 is 10.0 Å². The van der Waals surface area contributed by atoms with E-state index in [0.717, 1.165) is 31.4 Å². The van der Waals surface area contributed by atoms with Gasteiger partial charge in [-0.15, -0.1) is 0 Å². The summed E-state index contributed by atoms with van der Waals surface area (Å²) in [6.45, 7) is 2.84. The molecule has 0 heterocycles. The molecule has 0 bridgehead atoms. The SMILES string of the molecule is Cc1cccc([N+](=O)[O-])c1N(C)CCCCCO. The maximum absolute atomic E-state index is 11.0. The van der Waals surface area contributed by atoms with Gasteiger partial charge in [-0.25, -0.2) is 0 Å². The molecule has 1 rings (SSSR count). The Bertz CT molecular complexity index is 407. The van der Waals surface area contributed by atoms with Gasteiger partial charge in [0.15, 0.2) is 0 Å². The summed E-state index contributed by atoms with van der Waals surface area (Å²) in [6.07, 6.45) is 2.63. The Morgan fingerprint density at radius 3 is 2.67 bits per heavy atom. The van der Waals surface area contributed by atoms with E-state index >= 15 is 0 Å². The Hall–Kier alpha value is -1.62. The van der Waals surface area contributed by atoms with Crippen LogP contribution in [0.5, 0.6) is 0 Å². The first-order chi connectivity index (χ1) is 8.57. The van der Waals surface area contributed by atoms with Gasteiger partial charge in [0.25, 0.3) is 5.69 Å². The van der Waals surface area contributed by atoms with Gasteiger partial charge in [0.2, 0.25) is 0 Å². The van der Waals surface area contributed by atoms with Crippen molar-refractivity contribution in [3.8, 4) is 0 Å². The Morgan fingerprint density at radius 2 is 2.06 bits per heavy atom. The number of rotatable bonds is 7. The molecule has 0 spiro atoms. The van der Waals surface area contributed by atoms with E-state index in [4.69, 9.17) is 5.11 Å². The molecule has 0 radical (unpaired) electrons. The van der Waals surface area contributed by atoms with Gasteiger partial charge in [-0.2, -0.15) is 0 Å². The fraction of sp³-hybridized carbons (Fsp3) is 0.538. The number of nitro groups is 1. The molecule has 0 saturated heterocycles. The molecule has 0 fully saturated rings. The van der Waals surface area contributed by atoms with Gasteiger partial charge in [0, 0.05) is 26.3 Å². The van der Waals surface area contributed by atoms with Gasteiger partial charge in [0.1, 0.15) is 5.69 Å². The van der Waals surface area contributed by atoms with Crippen molar-refractivity contribution >= 4 is 11.4 Å². The van der Waals surface area contributed by atoms with Crippen LogP contribution in [0.2, 0.25) is 0 Å². The lowest BCUT2D eigenvalue weighted by Gasteiger charge is -2.21. The quantitative estimate of drug-likeness (QED) is 0.460. The summed E-state index contributed by atoms with van der Waals surface area (Å²) in [6, 6.07) is 5.12. The molecule has 0 saturated carbocycles. The number of hydrogen-bond donors (Lipinski definition) is 1. The summed E-state index contributed by atoms with van der Waals surface area (Å²) in [5.74, 6) is 0. The fourth-order valence-electron chi connectivity index (χ4n) is 2.04. The van der Waals surface area contributed by atoms with Crippen molar-refractivity contribution in [2.75, 3.05) is 25.1 Å². The molecule has 1 aromatic rings. The predicted molar refractivity (Wildman–Crippen MR) is 72.0 cm³/mol. The lowest BCUT2D eigenvalue weighted by Crippen LogP contribution is -2.20. The smallest absolute Gasteiger partial charge is 0.292 e. The third-order valence-corrected chi connectivity index (χ3v) is 2.95. The highest BCUT2D eigenvalue weighted by Gasteiger charge is 2.18. The van der Waals surface area contributed by atoms with Gasteiger partial charge in [-0.05, 0) is 31.7 Å². The molecule has 0 atom stereocenters. The highest BCUT2D eigenvalue weighted by Crippen LogP contribution is 2.30. The topological polar surface area (TPSA) is 66.6 Å². The zero-order valence-corrected chi connectivity index (χ0v) is 10.9. The van der Waals surface area contributed by atoms with E-state index in [9.17, 15) is 10.1 Å². The maximum Gasteiger partial charge on any atom is 0.292 e. The van der Waals surface area contributed by atoms with Crippen LogP contribution in [0, 0.1) is 17.0 Å². The number of anilines is 1. The van der Waals surface area contributed by atoms with E-state index in [2.05, 4.69) is 0 Å². The van der Waals surface area contributed by atoms with Crippen molar-refractivity contribution in [3.05, 3.63) is 33.9 Å². The summed E-state index contributed by atoms with van der Waals surface area (Å²) in [4.78, 5) is 12.6. The van der Waals surface area contributed by atoms with Crippen LogP contribution in [-0.4, -0.2) is 30.2 Å². The average Bonchev–Trinajstić information content (AvgIpc) is 2.34. The molecule has 0 aliphatic heterocycles. The molecule has 0 aliphatic carbocycles. The Morgan fingerprint density at radius 1 is 1.33 bits per heavy atom. The molecule has 100 valence electrons. The van der Waals surface area contributed by atoms with Crippen molar-refractivity contribution in [1.29, 1.82) is 0 Å². The molecule has 1 N–H and O–H groups in total. The van der Waals surface area contributed by atoms with E-state index in [-0.39, 0.29) is 17.2 Å². The molecular formula is C13H20N2O3. The van der Waals surface area contributed by atoms with Crippen LogP contribution in [-0.2, 0) is 0 Å². The minimum atomic E-state index is -0.341. The fourth-order valence-corrected chi connectivity index (χ4v) is 2.04. The van der Waals surface area contributed by atoms with Crippen molar-refractivity contribution in [2.24, 2.45) is 0 Å². The monoisotopic (exact) mass is 252 g/mol. The highest BCUT2D eigenvalue weighted by molar-refractivity contribution is 5.67. The molecule has 5 nitrogen and oxygen atoms in total. The lowest BCUT2D eigenvalue weighted by molar-refractivity contribution is -0.384.